The van der Waals surface area contributed by atoms with Gasteiger partial charge in [0, 0.05) is 26.2 Å². The van der Waals surface area contributed by atoms with Gasteiger partial charge in [0.15, 0.2) is 6.10 Å². The molecule has 0 aliphatic carbocycles. The number of hydrogen-bond acceptors (Lipinski definition) is 6. The molecule has 0 heterocycles. The van der Waals surface area contributed by atoms with Crippen LogP contribution in [-0.2, 0) is 32.0 Å². The van der Waals surface area contributed by atoms with Gasteiger partial charge in [-0.2, -0.15) is 0 Å². The number of carboxylic acids is 1. The Hall–Kier alpha value is -3.17. The zero-order valence-corrected chi connectivity index (χ0v) is 21.0. The summed E-state index contributed by atoms with van der Waals surface area (Å²) in [6, 6.07) is 12.9. The van der Waals surface area contributed by atoms with Crippen LogP contribution in [0.25, 0.3) is 0 Å². The molecule has 0 radical (unpaired) electrons. The lowest BCUT2D eigenvalue weighted by molar-refractivity contribution is -0.149. The highest BCUT2D eigenvalue weighted by Gasteiger charge is 2.18. The Kier molecular flexibility index (Phi) is 13.3. The lowest BCUT2D eigenvalue weighted by atomic mass is 10.1. The minimum absolute atomic E-state index is 0.0354. The van der Waals surface area contributed by atoms with Crippen molar-refractivity contribution >= 4 is 12.1 Å². The highest BCUT2D eigenvalue weighted by Crippen LogP contribution is 2.15. The summed E-state index contributed by atoms with van der Waals surface area (Å²) in [6.07, 6.45) is 0.837. The number of amides is 1. The number of aliphatic carboxylic acids is 1. The van der Waals surface area contributed by atoms with Crippen molar-refractivity contribution < 1.29 is 38.0 Å². The Labute approximate surface area is 211 Å². The van der Waals surface area contributed by atoms with Crippen molar-refractivity contribution in [1.82, 2.24) is 4.90 Å². The molecule has 0 saturated heterocycles. The molecule has 2 aromatic carbocycles. The van der Waals surface area contributed by atoms with Crippen molar-refractivity contribution in [1.29, 1.82) is 0 Å². The Bertz CT molecular complexity index is 905. The molecule has 0 aliphatic heterocycles. The maximum Gasteiger partial charge on any atom is 0.410 e. The first-order chi connectivity index (χ1) is 17.4. The molecule has 1 atom stereocenters. The van der Waals surface area contributed by atoms with Gasteiger partial charge in [-0.05, 0) is 48.7 Å². The molecule has 2 rings (SSSR count). The quantitative estimate of drug-likeness (QED) is 0.312. The van der Waals surface area contributed by atoms with Crippen molar-refractivity contribution in [3.05, 3.63) is 65.5 Å². The normalized spacial score (nSPS) is 11.6. The van der Waals surface area contributed by atoms with Crippen LogP contribution in [0.1, 0.15) is 37.8 Å². The van der Waals surface area contributed by atoms with Crippen molar-refractivity contribution in [3.8, 4) is 5.75 Å². The molecule has 0 saturated carbocycles. The Morgan fingerprint density at radius 2 is 1.61 bits per heavy atom. The molecule has 0 aromatic heterocycles. The van der Waals surface area contributed by atoms with Gasteiger partial charge in [-0.15, -0.1) is 0 Å². The number of nitrogens with zero attached hydrogens (tertiary/aromatic N) is 1. The van der Waals surface area contributed by atoms with Gasteiger partial charge < -0.3 is 29.0 Å². The van der Waals surface area contributed by atoms with Gasteiger partial charge in [0.1, 0.15) is 24.8 Å². The molecular weight excluding hydrogens is 469 g/mol. The van der Waals surface area contributed by atoms with E-state index in [1.807, 2.05) is 0 Å². The Morgan fingerprint density at radius 3 is 2.25 bits per heavy atom. The van der Waals surface area contributed by atoms with Crippen LogP contribution >= 0.6 is 0 Å². The second kappa shape index (κ2) is 16.5. The summed E-state index contributed by atoms with van der Waals surface area (Å²) in [6.45, 7) is 6.07. The second-order valence-electron chi connectivity index (χ2n) is 8.11. The standard InChI is InChI=1S/C27H36FNO7/c1-3-5-16-33-17-14-29(27(32)36-20-22-6-10-23(28)11-7-22)15-18-35-24-12-8-21(9-13-24)19-25(26(30)31)34-4-2/h6-13,25H,3-5,14-20H2,1-2H3,(H,30,31). The third kappa shape index (κ3) is 11.0. The summed E-state index contributed by atoms with van der Waals surface area (Å²) in [7, 11) is 0. The van der Waals surface area contributed by atoms with Gasteiger partial charge in [0.2, 0.25) is 0 Å². The lowest BCUT2D eigenvalue weighted by Crippen LogP contribution is -2.37. The average Bonchev–Trinajstić information content (AvgIpc) is 2.87. The topological polar surface area (TPSA) is 94.5 Å². The van der Waals surface area contributed by atoms with E-state index >= 15 is 0 Å². The van der Waals surface area contributed by atoms with Crippen molar-refractivity contribution in [2.75, 3.05) is 39.5 Å². The number of halogens is 1. The van der Waals surface area contributed by atoms with E-state index in [0.717, 1.165) is 18.4 Å². The zero-order valence-electron chi connectivity index (χ0n) is 21.0. The number of carbonyl (C=O) groups is 2. The van der Waals surface area contributed by atoms with Crippen molar-refractivity contribution in [3.63, 3.8) is 0 Å². The average molecular weight is 506 g/mol. The van der Waals surface area contributed by atoms with Gasteiger partial charge >= 0.3 is 12.1 Å². The summed E-state index contributed by atoms with van der Waals surface area (Å²) in [4.78, 5) is 25.4. The van der Waals surface area contributed by atoms with Crippen LogP contribution in [0.5, 0.6) is 5.75 Å². The number of benzene rings is 2. The van der Waals surface area contributed by atoms with Gasteiger partial charge in [0.05, 0.1) is 13.2 Å². The van der Waals surface area contributed by atoms with E-state index in [1.165, 1.54) is 17.0 Å². The molecule has 1 unspecified atom stereocenters. The molecule has 9 heteroatoms. The molecule has 36 heavy (non-hydrogen) atoms. The van der Waals surface area contributed by atoms with E-state index in [1.54, 1.807) is 43.3 Å². The molecule has 0 fully saturated rings. The second-order valence-corrected chi connectivity index (χ2v) is 8.11. The van der Waals surface area contributed by atoms with E-state index in [-0.39, 0.29) is 32.0 Å². The molecule has 0 spiro atoms. The number of carboxylic acid groups (broad SMARTS) is 1. The summed E-state index contributed by atoms with van der Waals surface area (Å²) in [5, 5.41) is 9.24. The molecule has 0 aliphatic rings. The maximum atomic E-state index is 13.1. The van der Waals surface area contributed by atoms with Crippen LogP contribution in [0, 0.1) is 5.82 Å². The van der Waals surface area contributed by atoms with E-state index < -0.39 is 18.2 Å². The third-order valence-electron chi connectivity index (χ3n) is 5.30. The fourth-order valence-corrected chi connectivity index (χ4v) is 3.26. The van der Waals surface area contributed by atoms with Crippen molar-refractivity contribution in [2.45, 2.75) is 45.8 Å². The molecular formula is C27H36FNO7. The first-order valence-corrected chi connectivity index (χ1v) is 12.2. The van der Waals surface area contributed by atoms with Gasteiger partial charge in [-0.3, -0.25) is 0 Å². The first-order valence-electron chi connectivity index (χ1n) is 12.2. The number of carbonyl (C=O) groups excluding carboxylic acids is 1. The van der Waals surface area contributed by atoms with Gasteiger partial charge in [-0.1, -0.05) is 37.6 Å². The minimum Gasteiger partial charge on any atom is -0.492 e. The lowest BCUT2D eigenvalue weighted by Gasteiger charge is -2.22. The van der Waals surface area contributed by atoms with E-state index in [2.05, 4.69) is 6.92 Å². The fraction of sp³-hybridized carbons (Fsp3) is 0.481. The third-order valence-corrected chi connectivity index (χ3v) is 5.30. The number of ether oxygens (including phenoxy) is 4. The highest BCUT2D eigenvalue weighted by molar-refractivity contribution is 5.72. The summed E-state index contributed by atoms with van der Waals surface area (Å²) in [5.74, 6) is -0.750. The fourth-order valence-electron chi connectivity index (χ4n) is 3.26. The predicted octanol–water partition coefficient (Wildman–Crippen LogP) is 4.69. The van der Waals surface area contributed by atoms with Crippen molar-refractivity contribution in [2.24, 2.45) is 0 Å². The van der Waals surface area contributed by atoms with Crippen LogP contribution in [-0.4, -0.2) is 67.7 Å². The minimum atomic E-state index is -0.998. The molecule has 0 bridgehead atoms. The summed E-state index contributed by atoms with van der Waals surface area (Å²) in [5.41, 5.74) is 1.51. The van der Waals surface area contributed by atoms with Crippen LogP contribution < -0.4 is 4.74 Å². The summed E-state index contributed by atoms with van der Waals surface area (Å²) >= 11 is 0. The monoisotopic (exact) mass is 505 g/mol. The molecule has 8 nitrogen and oxygen atoms in total. The molecule has 1 amide bonds. The first kappa shape index (κ1) is 29.1. The van der Waals surface area contributed by atoms with Crippen LogP contribution in [0.3, 0.4) is 0 Å². The predicted molar refractivity (Wildman–Crippen MR) is 133 cm³/mol. The van der Waals surface area contributed by atoms with E-state index in [4.69, 9.17) is 18.9 Å². The Balaban J connectivity index is 1.86. The highest BCUT2D eigenvalue weighted by atomic mass is 19.1. The van der Waals surface area contributed by atoms with E-state index in [9.17, 15) is 19.1 Å². The molecule has 198 valence electrons. The molecule has 1 N–H and O–H groups in total. The summed E-state index contributed by atoms with van der Waals surface area (Å²) < 4.78 is 35.1. The maximum absolute atomic E-state index is 13.1. The zero-order chi connectivity index (χ0) is 26.2. The van der Waals surface area contributed by atoms with Crippen LogP contribution in [0.4, 0.5) is 9.18 Å². The van der Waals surface area contributed by atoms with Gasteiger partial charge in [-0.25, -0.2) is 14.0 Å². The number of hydrogen-bond donors (Lipinski definition) is 1. The SMILES string of the molecule is CCCCOCCN(CCOc1ccc(CC(OCC)C(=O)O)cc1)C(=O)OCc1ccc(F)cc1. The van der Waals surface area contributed by atoms with Crippen LogP contribution in [0.15, 0.2) is 48.5 Å². The number of rotatable bonds is 17. The largest absolute Gasteiger partial charge is 0.492 e. The molecule has 2 aromatic rings. The smallest absolute Gasteiger partial charge is 0.410 e. The van der Waals surface area contributed by atoms with Gasteiger partial charge in [0.25, 0.3) is 0 Å². The van der Waals surface area contributed by atoms with Crippen LogP contribution in [0.2, 0.25) is 0 Å². The Morgan fingerprint density at radius 1 is 0.944 bits per heavy atom. The van der Waals surface area contributed by atoms with E-state index in [0.29, 0.717) is 37.7 Å². The number of unbranched alkanes of at least 4 members (excludes halogenated alkanes) is 1.